The molecule has 0 amide bonds. The summed E-state index contributed by atoms with van der Waals surface area (Å²) in [4.78, 5) is 9.76. The fourth-order valence-corrected chi connectivity index (χ4v) is 1.09. The van der Waals surface area contributed by atoms with E-state index in [0.29, 0.717) is 13.1 Å². The van der Waals surface area contributed by atoms with Gasteiger partial charge in [0.1, 0.15) is 6.61 Å². The van der Waals surface area contributed by atoms with Crippen molar-refractivity contribution < 1.29 is 9.53 Å². The molecule has 0 aliphatic carbocycles. The Morgan fingerprint density at radius 2 is 1.25 bits per heavy atom. The number of rotatable bonds is 3. The van der Waals surface area contributed by atoms with Gasteiger partial charge in [-0.1, -0.05) is 66.7 Å². The third-order valence-electron chi connectivity index (χ3n) is 1.83. The maximum absolute atomic E-state index is 9.76. The fourth-order valence-electron chi connectivity index (χ4n) is 1.09. The SMILES string of the molecule is O=COCc1ccccc1.c1ccccc1. The Bertz CT molecular complexity index is 344. The number of ether oxygens (including phenoxy) is 1. The molecule has 0 heterocycles. The molecule has 0 saturated heterocycles. The number of carbonyl (C=O) groups is 1. The Morgan fingerprint density at radius 1 is 0.812 bits per heavy atom. The molecule has 16 heavy (non-hydrogen) atoms. The highest BCUT2D eigenvalue weighted by atomic mass is 16.5. The molecule has 0 aliphatic rings. The summed E-state index contributed by atoms with van der Waals surface area (Å²) in [5, 5.41) is 0. The van der Waals surface area contributed by atoms with Crippen LogP contribution in [0.3, 0.4) is 0 Å². The van der Waals surface area contributed by atoms with Crippen molar-refractivity contribution in [2.24, 2.45) is 0 Å². The second-order valence-corrected chi connectivity index (χ2v) is 3.05. The minimum atomic E-state index is 0.365. The number of carbonyl (C=O) groups excluding carboxylic acids is 1. The zero-order valence-corrected chi connectivity index (χ0v) is 8.95. The Morgan fingerprint density at radius 3 is 1.69 bits per heavy atom. The van der Waals surface area contributed by atoms with Gasteiger partial charge in [-0.05, 0) is 5.56 Å². The van der Waals surface area contributed by atoms with Crippen LogP contribution in [0.15, 0.2) is 66.7 Å². The summed E-state index contributed by atoms with van der Waals surface area (Å²) < 4.78 is 4.54. The van der Waals surface area contributed by atoms with E-state index in [4.69, 9.17) is 0 Å². The van der Waals surface area contributed by atoms with E-state index in [1.165, 1.54) is 0 Å². The molecule has 0 fully saturated rings. The second-order valence-electron chi connectivity index (χ2n) is 3.05. The van der Waals surface area contributed by atoms with Gasteiger partial charge < -0.3 is 4.74 Å². The van der Waals surface area contributed by atoms with Gasteiger partial charge in [0, 0.05) is 0 Å². The third kappa shape index (κ3) is 5.60. The average Bonchev–Trinajstić information content (AvgIpc) is 2.40. The van der Waals surface area contributed by atoms with Crippen LogP contribution in [-0.4, -0.2) is 6.47 Å². The van der Waals surface area contributed by atoms with Crippen LogP contribution >= 0.6 is 0 Å². The number of hydrogen-bond donors (Lipinski definition) is 0. The summed E-state index contributed by atoms with van der Waals surface area (Å²) >= 11 is 0. The minimum absolute atomic E-state index is 0.365. The van der Waals surface area contributed by atoms with Gasteiger partial charge in [0.05, 0.1) is 0 Å². The van der Waals surface area contributed by atoms with E-state index in [2.05, 4.69) is 4.74 Å². The lowest BCUT2D eigenvalue weighted by Gasteiger charge is -1.95. The zero-order chi connectivity index (χ0) is 11.5. The number of hydrogen-bond acceptors (Lipinski definition) is 2. The quantitative estimate of drug-likeness (QED) is 0.734. The van der Waals surface area contributed by atoms with E-state index in [0.717, 1.165) is 5.56 Å². The van der Waals surface area contributed by atoms with E-state index in [-0.39, 0.29) is 0 Å². The zero-order valence-electron chi connectivity index (χ0n) is 8.95. The van der Waals surface area contributed by atoms with Gasteiger partial charge in [0.25, 0.3) is 6.47 Å². The van der Waals surface area contributed by atoms with Gasteiger partial charge in [-0.15, -0.1) is 0 Å². The maximum Gasteiger partial charge on any atom is 0.293 e. The van der Waals surface area contributed by atoms with Crippen LogP contribution < -0.4 is 0 Å². The van der Waals surface area contributed by atoms with E-state index >= 15 is 0 Å². The highest BCUT2D eigenvalue weighted by Gasteiger charge is 1.87. The summed E-state index contributed by atoms with van der Waals surface area (Å²) in [6, 6.07) is 21.5. The first-order valence-electron chi connectivity index (χ1n) is 5.02. The van der Waals surface area contributed by atoms with Crippen LogP contribution in [0.4, 0.5) is 0 Å². The van der Waals surface area contributed by atoms with E-state index in [1.54, 1.807) is 0 Å². The van der Waals surface area contributed by atoms with Crippen LogP contribution in [0, 0.1) is 0 Å². The summed E-state index contributed by atoms with van der Waals surface area (Å²) in [6.45, 7) is 0.817. The lowest BCUT2D eigenvalue weighted by Crippen LogP contribution is -1.88. The molecule has 0 bridgehead atoms. The van der Waals surface area contributed by atoms with Crippen molar-refractivity contribution >= 4 is 6.47 Å². The molecule has 0 aliphatic heterocycles. The highest BCUT2D eigenvalue weighted by molar-refractivity contribution is 5.37. The molecule has 0 radical (unpaired) electrons. The summed E-state index contributed by atoms with van der Waals surface area (Å²) in [6.07, 6.45) is 0. The topological polar surface area (TPSA) is 26.3 Å². The van der Waals surface area contributed by atoms with Crippen molar-refractivity contribution in [3.8, 4) is 0 Å². The summed E-state index contributed by atoms with van der Waals surface area (Å²) in [5.74, 6) is 0. The molecule has 2 nitrogen and oxygen atoms in total. The van der Waals surface area contributed by atoms with Gasteiger partial charge in [0.15, 0.2) is 0 Å². The Kier molecular flexibility index (Phi) is 6.17. The largest absolute Gasteiger partial charge is 0.463 e. The first kappa shape index (κ1) is 12.0. The maximum atomic E-state index is 9.76. The predicted molar refractivity (Wildman–Crippen MR) is 63.7 cm³/mol. The van der Waals surface area contributed by atoms with E-state index < -0.39 is 0 Å². The molecule has 2 heteroatoms. The van der Waals surface area contributed by atoms with Crippen LogP contribution in [0.25, 0.3) is 0 Å². The predicted octanol–water partition coefficient (Wildman–Crippen LogP) is 3.05. The van der Waals surface area contributed by atoms with Crippen LogP contribution in [0.2, 0.25) is 0 Å². The second kappa shape index (κ2) is 8.24. The molecule has 2 aromatic rings. The van der Waals surface area contributed by atoms with Crippen molar-refractivity contribution in [1.82, 2.24) is 0 Å². The first-order valence-corrected chi connectivity index (χ1v) is 5.02. The molecule has 0 atom stereocenters. The minimum Gasteiger partial charge on any atom is -0.463 e. The summed E-state index contributed by atoms with van der Waals surface area (Å²) in [7, 11) is 0. The van der Waals surface area contributed by atoms with Gasteiger partial charge in [-0.25, -0.2) is 0 Å². The Balaban J connectivity index is 0.000000181. The van der Waals surface area contributed by atoms with Crippen molar-refractivity contribution in [3.05, 3.63) is 72.3 Å². The fraction of sp³-hybridized carbons (Fsp3) is 0.0714. The molecular formula is C14H14O2. The van der Waals surface area contributed by atoms with E-state index in [9.17, 15) is 4.79 Å². The van der Waals surface area contributed by atoms with Gasteiger partial charge in [-0.2, -0.15) is 0 Å². The lowest BCUT2D eigenvalue weighted by molar-refractivity contribution is -0.129. The van der Waals surface area contributed by atoms with Crippen LogP contribution in [0.5, 0.6) is 0 Å². The molecule has 82 valence electrons. The monoisotopic (exact) mass is 214 g/mol. The molecule has 2 rings (SSSR count). The first-order chi connectivity index (χ1) is 7.93. The van der Waals surface area contributed by atoms with Crippen molar-refractivity contribution in [2.75, 3.05) is 0 Å². The third-order valence-corrected chi connectivity index (χ3v) is 1.83. The molecule has 0 aromatic heterocycles. The van der Waals surface area contributed by atoms with Gasteiger partial charge in [0.2, 0.25) is 0 Å². The molecular weight excluding hydrogens is 200 g/mol. The lowest BCUT2D eigenvalue weighted by atomic mass is 10.2. The molecule has 0 N–H and O–H groups in total. The normalized spacial score (nSPS) is 8.50. The molecule has 0 spiro atoms. The highest BCUT2D eigenvalue weighted by Crippen LogP contribution is 1.98. The Labute approximate surface area is 95.5 Å². The van der Waals surface area contributed by atoms with E-state index in [1.807, 2.05) is 66.7 Å². The molecule has 2 aromatic carbocycles. The van der Waals surface area contributed by atoms with Crippen molar-refractivity contribution in [2.45, 2.75) is 6.61 Å². The Hall–Kier alpha value is -2.09. The van der Waals surface area contributed by atoms with Gasteiger partial charge in [-0.3, -0.25) is 4.79 Å². The molecule has 0 unspecified atom stereocenters. The van der Waals surface area contributed by atoms with Crippen LogP contribution in [0.1, 0.15) is 5.56 Å². The van der Waals surface area contributed by atoms with Crippen molar-refractivity contribution in [1.29, 1.82) is 0 Å². The van der Waals surface area contributed by atoms with Crippen molar-refractivity contribution in [3.63, 3.8) is 0 Å². The smallest absolute Gasteiger partial charge is 0.293 e. The number of benzene rings is 2. The van der Waals surface area contributed by atoms with Crippen LogP contribution in [-0.2, 0) is 16.1 Å². The molecule has 0 saturated carbocycles. The van der Waals surface area contributed by atoms with Gasteiger partial charge >= 0.3 is 0 Å². The average molecular weight is 214 g/mol. The standard InChI is InChI=1S/C8H8O2.C6H6/c9-7-10-6-8-4-2-1-3-5-8;1-2-4-6-5-3-1/h1-5,7H,6H2;1-6H. The summed E-state index contributed by atoms with van der Waals surface area (Å²) in [5.41, 5.74) is 1.01.